The Morgan fingerprint density at radius 1 is 1.05 bits per heavy atom. The van der Waals surface area contributed by atoms with Crippen LogP contribution in [0, 0.1) is 5.92 Å². The molecule has 0 saturated carbocycles. The van der Waals surface area contributed by atoms with E-state index in [0.717, 1.165) is 10.7 Å². The van der Waals surface area contributed by atoms with E-state index in [-0.39, 0.29) is 29.3 Å². The van der Waals surface area contributed by atoms with E-state index in [1.807, 2.05) is 4.72 Å². The molecule has 2 atom stereocenters. The fourth-order valence-electron chi connectivity index (χ4n) is 4.05. The Balaban J connectivity index is 1.69. The zero-order valence-electron chi connectivity index (χ0n) is 18.9. The lowest BCUT2D eigenvalue weighted by Crippen LogP contribution is -2.44. The number of fused-ring (bicyclic) bond motifs is 1. The highest BCUT2D eigenvalue weighted by atomic mass is 35.5. The number of hydrogen-bond donors (Lipinski definition) is 1. The minimum atomic E-state index is -4.74. The quantitative estimate of drug-likeness (QED) is 0.365. The molecular weight excluding hydrogens is 576 g/mol. The molecule has 2 heterocycles. The number of carbonyl (C=O) groups is 1. The minimum Gasteiger partial charge on any atom is -0.273 e. The molecule has 0 spiro atoms. The molecule has 0 saturated heterocycles. The molecule has 1 N–H and O–H groups in total. The summed E-state index contributed by atoms with van der Waals surface area (Å²) < 4.78 is 68.9. The first-order valence-electron chi connectivity index (χ1n) is 10.7. The van der Waals surface area contributed by atoms with Crippen LogP contribution in [-0.4, -0.2) is 29.8 Å². The van der Waals surface area contributed by atoms with Crippen LogP contribution in [0.5, 0.6) is 0 Å². The SMILES string of the molecule is CC1=Nc2cc(C(F)(F)F)nn2C(CCc2ccc(Cl)c(Cl)c2)C1C(=O)NS(=O)(=O)c1ccc(Cl)cc1. The molecule has 196 valence electrons. The molecule has 2 aromatic carbocycles. The normalized spacial score (nSPS) is 17.8. The maximum absolute atomic E-state index is 13.4. The first-order valence-corrected chi connectivity index (χ1v) is 13.4. The average Bonchev–Trinajstić information content (AvgIpc) is 3.23. The lowest BCUT2D eigenvalue weighted by atomic mass is 9.88. The van der Waals surface area contributed by atoms with Crippen LogP contribution in [0.25, 0.3) is 0 Å². The van der Waals surface area contributed by atoms with E-state index in [1.165, 1.54) is 31.2 Å². The predicted molar refractivity (Wildman–Crippen MR) is 134 cm³/mol. The predicted octanol–water partition coefficient (Wildman–Crippen LogP) is 6.26. The van der Waals surface area contributed by atoms with Gasteiger partial charge in [-0.2, -0.15) is 18.3 Å². The Labute approximate surface area is 225 Å². The number of aromatic nitrogens is 2. The summed E-state index contributed by atoms with van der Waals surface area (Å²) in [5.41, 5.74) is -0.315. The number of halogens is 6. The fraction of sp³-hybridized carbons (Fsp3) is 0.261. The van der Waals surface area contributed by atoms with Gasteiger partial charge in [-0.25, -0.2) is 22.8 Å². The Bertz CT molecular complexity index is 1490. The van der Waals surface area contributed by atoms with Crippen molar-refractivity contribution < 1.29 is 26.4 Å². The van der Waals surface area contributed by atoms with Gasteiger partial charge in [-0.1, -0.05) is 40.9 Å². The smallest absolute Gasteiger partial charge is 0.273 e. The number of aryl methyl sites for hydroxylation is 1. The van der Waals surface area contributed by atoms with E-state index in [2.05, 4.69) is 10.1 Å². The third-order valence-electron chi connectivity index (χ3n) is 5.80. The van der Waals surface area contributed by atoms with Crippen LogP contribution < -0.4 is 4.72 Å². The van der Waals surface area contributed by atoms with E-state index >= 15 is 0 Å². The summed E-state index contributed by atoms with van der Waals surface area (Å²) in [6.45, 7) is 1.45. The van der Waals surface area contributed by atoms with Crippen LogP contribution in [0.15, 0.2) is 58.4 Å². The number of sulfonamides is 1. The van der Waals surface area contributed by atoms with Gasteiger partial charge in [-0.15, -0.1) is 0 Å². The van der Waals surface area contributed by atoms with E-state index in [4.69, 9.17) is 34.8 Å². The summed E-state index contributed by atoms with van der Waals surface area (Å²) >= 11 is 17.9. The number of hydrogen-bond acceptors (Lipinski definition) is 5. The summed E-state index contributed by atoms with van der Waals surface area (Å²) in [6, 6.07) is 9.85. The van der Waals surface area contributed by atoms with Crippen LogP contribution >= 0.6 is 34.8 Å². The highest BCUT2D eigenvalue weighted by Gasteiger charge is 2.42. The lowest BCUT2D eigenvalue weighted by Gasteiger charge is -2.31. The van der Waals surface area contributed by atoms with Gasteiger partial charge in [0.1, 0.15) is 0 Å². The van der Waals surface area contributed by atoms with Crippen molar-refractivity contribution in [2.24, 2.45) is 10.9 Å². The van der Waals surface area contributed by atoms with Crippen LogP contribution in [0.4, 0.5) is 19.0 Å². The second-order valence-electron chi connectivity index (χ2n) is 8.34. The molecule has 0 fully saturated rings. The molecule has 7 nitrogen and oxygen atoms in total. The van der Waals surface area contributed by atoms with E-state index < -0.39 is 39.8 Å². The molecule has 0 radical (unpaired) electrons. The van der Waals surface area contributed by atoms with Crippen molar-refractivity contribution in [2.45, 2.75) is 36.9 Å². The van der Waals surface area contributed by atoms with Gasteiger partial charge in [0.15, 0.2) is 11.5 Å². The summed E-state index contributed by atoms with van der Waals surface area (Å²) in [5, 5.41) is 4.60. The van der Waals surface area contributed by atoms with Crippen molar-refractivity contribution in [2.75, 3.05) is 0 Å². The summed E-state index contributed by atoms with van der Waals surface area (Å²) in [4.78, 5) is 17.2. The third kappa shape index (κ3) is 5.95. The fourth-order valence-corrected chi connectivity index (χ4v) is 5.50. The topological polar surface area (TPSA) is 93.4 Å². The molecule has 4 rings (SSSR count). The Hall–Kier alpha value is -2.60. The maximum Gasteiger partial charge on any atom is 0.435 e. The van der Waals surface area contributed by atoms with Gasteiger partial charge in [-0.3, -0.25) is 4.79 Å². The molecule has 1 aliphatic heterocycles. The Kier molecular flexibility index (Phi) is 7.62. The molecule has 1 amide bonds. The number of amides is 1. The number of alkyl halides is 3. The molecule has 1 aliphatic rings. The monoisotopic (exact) mass is 592 g/mol. The summed E-state index contributed by atoms with van der Waals surface area (Å²) in [6.07, 6.45) is -4.34. The highest BCUT2D eigenvalue weighted by Crippen LogP contribution is 2.39. The van der Waals surface area contributed by atoms with Crippen LogP contribution in [0.1, 0.15) is 30.6 Å². The number of nitrogens with zero attached hydrogens (tertiary/aromatic N) is 3. The second-order valence-corrected chi connectivity index (χ2v) is 11.3. The van der Waals surface area contributed by atoms with Crippen LogP contribution in [0.2, 0.25) is 15.1 Å². The van der Waals surface area contributed by atoms with Crippen LogP contribution in [0.3, 0.4) is 0 Å². The highest BCUT2D eigenvalue weighted by molar-refractivity contribution is 7.90. The van der Waals surface area contributed by atoms with Crippen molar-refractivity contribution in [1.29, 1.82) is 0 Å². The molecular formula is C23H18Cl3F3N4O3S. The molecule has 37 heavy (non-hydrogen) atoms. The molecule has 3 aromatic rings. The van der Waals surface area contributed by atoms with Crippen molar-refractivity contribution in [3.8, 4) is 0 Å². The number of nitrogens with one attached hydrogen (secondary N) is 1. The first-order chi connectivity index (χ1) is 17.3. The Morgan fingerprint density at radius 3 is 2.35 bits per heavy atom. The minimum absolute atomic E-state index is 0.0893. The van der Waals surface area contributed by atoms with Gasteiger partial charge in [0.2, 0.25) is 5.91 Å². The standard InChI is InChI=1S/C23H18Cl3F3N4O3S/c1-12-21(22(34)32-37(35,36)15-6-4-14(24)5-7-15)18(9-3-13-2-8-16(25)17(26)10-13)33-20(30-12)11-19(31-33)23(27,28)29/h2,4-8,10-11,18,21H,3,9H2,1H3,(H,32,34). The molecule has 0 bridgehead atoms. The van der Waals surface area contributed by atoms with Gasteiger partial charge in [0.25, 0.3) is 10.0 Å². The van der Waals surface area contributed by atoms with Crippen molar-refractivity contribution in [1.82, 2.24) is 14.5 Å². The number of aliphatic imine (C=N–C) groups is 1. The van der Waals surface area contributed by atoms with E-state index in [1.54, 1.807) is 18.2 Å². The zero-order valence-corrected chi connectivity index (χ0v) is 22.0. The van der Waals surface area contributed by atoms with Crippen molar-refractivity contribution in [3.05, 3.63) is 74.9 Å². The van der Waals surface area contributed by atoms with E-state index in [0.29, 0.717) is 20.6 Å². The molecule has 2 unspecified atom stereocenters. The van der Waals surface area contributed by atoms with Gasteiger partial charge in [0, 0.05) is 16.8 Å². The molecule has 1 aromatic heterocycles. The maximum atomic E-state index is 13.4. The van der Waals surface area contributed by atoms with Gasteiger partial charge in [0.05, 0.1) is 26.9 Å². The van der Waals surface area contributed by atoms with Gasteiger partial charge < -0.3 is 0 Å². The van der Waals surface area contributed by atoms with Crippen molar-refractivity contribution in [3.63, 3.8) is 0 Å². The number of benzene rings is 2. The van der Waals surface area contributed by atoms with Crippen LogP contribution in [-0.2, 0) is 27.4 Å². The zero-order chi connectivity index (χ0) is 27.1. The second kappa shape index (κ2) is 10.3. The molecule has 0 aliphatic carbocycles. The number of rotatable bonds is 6. The first kappa shape index (κ1) is 27.4. The van der Waals surface area contributed by atoms with Crippen molar-refractivity contribution >= 4 is 62.3 Å². The van der Waals surface area contributed by atoms with Gasteiger partial charge >= 0.3 is 6.18 Å². The van der Waals surface area contributed by atoms with Gasteiger partial charge in [-0.05, 0) is 61.7 Å². The average molecular weight is 594 g/mol. The summed E-state index contributed by atoms with van der Waals surface area (Å²) in [5.74, 6) is -2.27. The lowest BCUT2D eigenvalue weighted by molar-refractivity contribution is -0.141. The number of carbonyl (C=O) groups excluding carboxylic acids is 1. The molecule has 14 heteroatoms. The van der Waals surface area contributed by atoms with E-state index in [9.17, 15) is 26.4 Å². The third-order valence-corrected chi connectivity index (χ3v) is 8.15. The largest absolute Gasteiger partial charge is 0.435 e. The summed E-state index contributed by atoms with van der Waals surface area (Å²) in [7, 11) is -4.30. The Morgan fingerprint density at radius 2 is 1.73 bits per heavy atom.